The molecule has 0 amide bonds. The third kappa shape index (κ3) is 4.61. The lowest BCUT2D eigenvalue weighted by molar-refractivity contribution is 0.164. The van der Waals surface area contributed by atoms with Gasteiger partial charge in [-0.15, -0.1) is 11.3 Å². The quantitative estimate of drug-likeness (QED) is 0.801. The first-order valence-corrected chi connectivity index (χ1v) is 10.9. The van der Waals surface area contributed by atoms with E-state index in [0.29, 0.717) is 10.8 Å². The first kappa shape index (κ1) is 18.4. The van der Waals surface area contributed by atoms with Gasteiger partial charge in [0.25, 0.3) is 0 Å². The molecule has 0 saturated carbocycles. The third-order valence-electron chi connectivity index (χ3n) is 4.54. The Hall–Kier alpha value is -1.41. The van der Waals surface area contributed by atoms with Crippen molar-refractivity contribution in [2.75, 3.05) is 26.7 Å². The van der Waals surface area contributed by atoms with E-state index in [2.05, 4.69) is 9.62 Å². The Kier molecular flexibility index (Phi) is 6.11. The summed E-state index contributed by atoms with van der Waals surface area (Å²) in [6.45, 7) is 2.33. The van der Waals surface area contributed by atoms with Crippen LogP contribution < -0.4 is 9.46 Å². The van der Waals surface area contributed by atoms with Crippen LogP contribution in [0.2, 0.25) is 0 Å². The summed E-state index contributed by atoms with van der Waals surface area (Å²) < 4.78 is 33.5. The van der Waals surface area contributed by atoms with E-state index in [9.17, 15) is 8.42 Å². The standard InChI is InChI=1S/C18H24N2O3S2/c1-23-16-8-5-7-15(13-16)17(20-10-3-2-4-11-20)14-19-25(21,22)18-9-6-12-24-18/h5-9,12-13,17,19H,2-4,10-11,14H2,1H3. The van der Waals surface area contributed by atoms with Gasteiger partial charge in [-0.05, 0) is 55.1 Å². The first-order chi connectivity index (χ1) is 12.1. The van der Waals surface area contributed by atoms with Crippen molar-refractivity contribution in [3.05, 3.63) is 47.3 Å². The lowest BCUT2D eigenvalue weighted by Crippen LogP contribution is -2.40. The summed E-state index contributed by atoms with van der Waals surface area (Å²) in [4.78, 5) is 2.37. The Bertz CT molecular complexity index is 769. The molecule has 136 valence electrons. The van der Waals surface area contributed by atoms with E-state index < -0.39 is 10.0 Å². The second kappa shape index (κ2) is 8.31. The average Bonchev–Trinajstić information content (AvgIpc) is 3.19. The fraction of sp³-hybridized carbons (Fsp3) is 0.444. The van der Waals surface area contributed by atoms with Gasteiger partial charge in [0.15, 0.2) is 0 Å². The average molecular weight is 381 g/mol. The monoisotopic (exact) mass is 380 g/mol. The summed E-state index contributed by atoms with van der Waals surface area (Å²) in [6, 6.07) is 11.3. The number of rotatable bonds is 7. The SMILES string of the molecule is COc1cccc(C(CNS(=O)(=O)c2cccs2)N2CCCCC2)c1. The zero-order valence-corrected chi connectivity index (χ0v) is 16.0. The molecule has 0 radical (unpaired) electrons. The van der Waals surface area contributed by atoms with Crippen molar-refractivity contribution in [3.8, 4) is 5.75 Å². The van der Waals surface area contributed by atoms with Crippen LogP contribution in [0.5, 0.6) is 5.75 Å². The van der Waals surface area contributed by atoms with Crippen LogP contribution in [-0.2, 0) is 10.0 Å². The molecular weight excluding hydrogens is 356 g/mol. The third-order valence-corrected chi connectivity index (χ3v) is 7.36. The van der Waals surface area contributed by atoms with Gasteiger partial charge >= 0.3 is 0 Å². The number of hydrogen-bond acceptors (Lipinski definition) is 5. The topological polar surface area (TPSA) is 58.6 Å². The smallest absolute Gasteiger partial charge is 0.250 e. The fourth-order valence-corrected chi connectivity index (χ4v) is 5.29. The van der Waals surface area contributed by atoms with Crippen LogP contribution in [0.1, 0.15) is 30.9 Å². The number of nitrogens with zero attached hydrogens (tertiary/aromatic N) is 1. The van der Waals surface area contributed by atoms with Crippen LogP contribution in [0.3, 0.4) is 0 Å². The Morgan fingerprint density at radius 2 is 2.00 bits per heavy atom. The van der Waals surface area contributed by atoms with E-state index in [0.717, 1.165) is 37.2 Å². The molecule has 1 fully saturated rings. The van der Waals surface area contributed by atoms with Crippen LogP contribution in [-0.4, -0.2) is 40.1 Å². The van der Waals surface area contributed by atoms with Gasteiger partial charge in [-0.3, -0.25) is 4.90 Å². The largest absolute Gasteiger partial charge is 0.497 e. The summed E-state index contributed by atoms with van der Waals surface area (Å²) in [6.07, 6.45) is 3.54. The normalized spacial score (nSPS) is 17.3. The minimum Gasteiger partial charge on any atom is -0.497 e. The Morgan fingerprint density at radius 1 is 1.20 bits per heavy atom. The zero-order valence-electron chi connectivity index (χ0n) is 14.3. The highest BCUT2D eigenvalue weighted by Gasteiger charge is 2.25. The number of ether oxygens (including phenoxy) is 1. The van der Waals surface area contributed by atoms with Crippen LogP contribution in [0.4, 0.5) is 0 Å². The van der Waals surface area contributed by atoms with E-state index in [-0.39, 0.29) is 6.04 Å². The summed E-state index contributed by atoms with van der Waals surface area (Å²) in [7, 11) is -1.82. The second-order valence-corrected chi connectivity index (χ2v) is 9.11. The summed E-state index contributed by atoms with van der Waals surface area (Å²) in [5.74, 6) is 0.792. The molecule has 0 spiro atoms. The molecule has 0 aliphatic carbocycles. The Morgan fingerprint density at radius 3 is 2.68 bits per heavy atom. The summed E-state index contributed by atoms with van der Waals surface area (Å²) in [5.41, 5.74) is 1.08. The lowest BCUT2D eigenvalue weighted by Gasteiger charge is -2.35. The fourth-order valence-electron chi connectivity index (χ4n) is 3.21. The molecule has 1 aliphatic heterocycles. The van der Waals surface area contributed by atoms with Gasteiger partial charge in [-0.1, -0.05) is 24.6 Å². The van der Waals surface area contributed by atoms with E-state index >= 15 is 0 Å². The molecule has 1 aromatic carbocycles. The molecular formula is C18H24N2O3S2. The Labute approximate surface area is 153 Å². The van der Waals surface area contributed by atoms with E-state index in [1.54, 1.807) is 24.6 Å². The van der Waals surface area contributed by atoms with Crippen LogP contribution in [0.25, 0.3) is 0 Å². The van der Waals surface area contributed by atoms with Gasteiger partial charge in [-0.2, -0.15) is 0 Å². The van der Waals surface area contributed by atoms with Gasteiger partial charge in [0.1, 0.15) is 9.96 Å². The molecule has 2 aromatic rings. The van der Waals surface area contributed by atoms with Crippen molar-refractivity contribution >= 4 is 21.4 Å². The van der Waals surface area contributed by atoms with Crippen molar-refractivity contribution in [3.63, 3.8) is 0 Å². The van der Waals surface area contributed by atoms with Gasteiger partial charge in [0.05, 0.1) is 7.11 Å². The molecule has 1 aromatic heterocycles. The van der Waals surface area contributed by atoms with Crippen molar-refractivity contribution < 1.29 is 13.2 Å². The molecule has 1 atom stereocenters. The summed E-state index contributed by atoms with van der Waals surface area (Å²) >= 11 is 1.23. The lowest BCUT2D eigenvalue weighted by atomic mass is 10.0. The number of piperidine rings is 1. The van der Waals surface area contributed by atoms with E-state index in [1.165, 1.54) is 17.8 Å². The van der Waals surface area contributed by atoms with Crippen molar-refractivity contribution in [2.24, 2.45) is 0 Å². The highest BCUT2D eigenvalue weighted by atomic mass is 32.2. The maximum absolute atomic E-state index is 12.5. The molecule has 0 bridgehead atoms. The zero-order chi connectivity index (χ0) is 17.7. The molecule has 1 unspecified atom stereocenters. The highest BCUT2D eigenvalue weighted by molar-refractivity contribution is 7.91. The molecule has 5 nitrogen and oxygen atoms in total. The molecule has 7 heteroatoms. The van der Waals surface area contributed by atoms with Crippen molar-refractivity contribution in [1.29, 1.82) is 0 Å². The number of hydrogen-bond donors (Lipinski definition) is 1. The van der Waals surface area contributed by atoms with Gasteiger partial charge < -0.3 is 4.74 Å². The number of methoxy groups -OCH3 is 1. The molecule has 2 heterocycles. The number of thiophene rings is 1. The molecule has 25 heavy (non-hydrogen) atoms. The minimum atomic E-state index is -3.46. The number of sulfonamides is 1. The maximum Gasteiger partial charge on any atom is 0.250 e. The van der Waals surface area contributed by atoms with Crippen LogP contribution >= 0.6 is 11.3 Å². The van der Waals surface area contributed by atoms with Crippen LogP contribution in [0, 0.1) is 0 Å². The van der Waals surface area contributed by atoms with Gasteiger partial charge in [0, 0.05) is 12.6 Å². The van der Waals surface area contributed by atoms with Crippen molar-refractivity contribution in [2.45, 2.75) is 29.5 Å². The Balaban J connectivity index is 1.81. The van der Waals surface area contributed by atoms with Crippen LogP contribution in [0.15, 0.2) is 46.0 Å². The molecule has 1 aliphatic rings. The number of nitrogens with one attached hydrogen (secondary N) is 1. The molecule has 3 rings (SSSR count). The molecule has 1 N–H and O–H groups in total. The van der Waals surface area contributed by atoms with Gasteiger partial charge in [0.2, 0.25) is 10.0 Å². The highest BCUT2D eigenvalue weighted by Crippen LogP contribution is 2.27. The first-order valence-electron chi connectivity index (χ1n) is 8.51. The van der Waals surface area contributed by atoms with Crippen molar-refractivity contribution in [1.82, 2.24) is 9.62 Å². The second-order valence-electron chi connectivity index (χ2n) is 6.17. The predicted octanol–water partition coefficient (Wildman–Crippen LogP) is 3.26. The minimum absolute atomic E-state index is 0.00476. The van der Waals surface area contributed by atoms with E-state index in [4.69, 9.17) is 4.74 Å². The van der Waals surface area contributed by atoms with E-state index in [1.807, 2.05) is 24.3 Å². The van der Waals surface area contributed by atoms with Gasteiger partial charge in [-0.25, -0.2) is 13.1 Å². The molecule has 1 saturated heterocycles. The maximum atomic E-state index is 12.5. The number of likely N-dealkylation sites (tertiary alicyclic amines) is 1. The predicted molar refractivity (Wildman–Crippen MR) is 101 cm³/mol. The summed E-state index contributed by atoms with van der Waals surface area (Å²) in [5, 5.41) is 1.78. The number of benzene rings is 1.